The molecule has 11 heavy (non-hydrogen) atoms. The molecule has 0 unspecified atom stereocenters. The van der Waals surface area contributed by atoms with Crippen molar-refractivity contribution < 1.29 is 4.42 Å². The molecule has 1 aromatic rings. The maximum Gasteiger partial charge on any atom is 0.194 e. The molecule has 3 heteroatoms. The van der Waals surface area contributed by atoms with Crippen molar-refractivity contribution in [3.8, 4) is 0 Å². The molecule has 0 fully saturated rings. The fourth-order valence-corrected chi connectivity index (χ4v) is 0.933. The summed E-state index contributed by atoms with van der Waals surface area (Å²) in [7, 11) is 1.95. The van der Waals surface area contributed by atoms with E-state index >= 15 is 0 Å². The van der Waals surface area contributed by atoms with Crippen LogP contribution in [0.5, 0.6) is 0 Å². The minimum atomic E-state index is 0.845. The largest absolute Gasteiger partial charge is 0.446 e. The molecule has 1 aromatic heterocycles. The van der Waals surface area contributed by atoms with Gasteiger partial charge in [-0.3, -0.25) is 0 Å². The van der Waals surface area contributed by atoms with E-state index in [1.54, 1.807) is 6.20 Å². The second-order valence-corrected chi connectivity index (χ2v) is 2.57. The normalized spacial score (nSPS) is 10.4. The zero-order valence-corrected chi connectivity index (χ0v) is 7.05. The van der Waals surface area contributed by atoms with Gasteiger partial charge in [-0.1, -0.05) is 0 Å². The first kappa shape index (κ1) is 8.27. The molecular formula is C8H14N2O. The van der Waals surface area contributed by atoms with Gasteiger partial charge in [0.25, 0.3) is 0 Å². The van der Waals surface area contributed by atoms with Crippen LogP contribution in [0.15, 0.2) is 10.6 Å². The third kappa shape index (κ3) is 2.72. The van der Waals surface area contributed by atoms with Gasteiger partial charge in [-0.05, 0) is 26.9 Å². The van der Waals surface area contributed by atoms with Crippen molar-refractivity contribution in [1.82, 2.24) is 10.3 Å². The van der Waals surface area contributed by atoms with Crippen molar-refractivity contribution in [2.24, 2.45) is 0 Å². The summed E-state index contributed by atoms with van der Waals surface area (Å²) >= 11 is 0. The minimum Gasteiger partial charge on any atom is -0.446 e. The zero-order valence-electron chi connectivity index (χ0n) is 7.05. The first-order valence-electron chi connectivity index (χ1n) is 3.89. The predicted molar refractivity (Wildman–Crippen MR) is 43.5 cm³/mol. The molecule has 0 aromatic carbocycles. The highest BCUT2D eigenvalue weighted by molar-refractivity contribution is 4.90. The zero-order chi connectivity index (χ0) is 8.10. The molecule has 1 rings (SSSR count). The molecule has 1 N–H and O–H groups in total. The molecule has 62 valence electrons. The van der Waals surface area contributed by atoms with Crippen molar-refractivity contribution in [1.29, 1.82) is 0 Å². The van der Waals surface area contributed by atoms with Crippen molar-refractivity contribution in [2.45, 2.75) is 19.8 Å². The van der Waals surface area contributed by atoms with Gasteiger partial charge < -0.3 is 9.73 Å². The van der Waals surface area contributed by atoms with Crippen LogP contribution in [0.25, 0.3) is 0 Å². The summed E-state index contributed by atoms with van der Waals surface area (Å²) in [5, 5.41) is 3.08. The minimum absolute atomic E-state index is 0.845. The Hall–Kier alpha value is -0.830. The summed E-state index contributed by atoms with van der Waals surface area (Å²) < 4.78 is 5.29. The second kappa shape index (κ2) is 4.13. The number of nitrogens with zero attached hydrogens (tertiary/aromatic N) is 1. The highest BCUT2D eigenvalue weighted by Gasteiger charge is 1.98. The van der Waals surface area contributed by atoms with Crippen molar-refractivity contribution in [2.75, 3.05) is 13.6 Å². The van der Waals surface area contributed by atoms with E-state index in [4.69, 9.17) is 4.42 Å². The number of hydrogen-bond donors (Lipinski definition) is 1. The quantitative estimate of drug-likeness (QED) is 0.661. The molecule has 0 bridgehead atoms. The topological polar surface area (TPSA) is 38.1 Å². The molecular weight excluding hydrogens is 140 g/mol. The Morgan fingerprint density at radius 2 is 2.45 bits per heavy atom. The first-order chi connectivity index (χ1) is 5.33. The number of hydrogen-bond acceptors (Lipinski definition) is 3. The van der Waals surface area contributed by atoms with Crippen molar-refractivity contribution >= 4 is 0 Å². The molecule has 0 aliphatic carbocycles. The fourth-order valence-electron chi connectivity index (χ4n) is 0.933. The molecule has 0 saturated carbocycles. The van der Waals surface area contributed by atoms with Crippen LogP contribution in [0.4, 0.5) is 0 Å². The number of aryl methyl sites for hydroxylation is 2. The number of rotatable bonds is 4. The van der Waals surface area contributed by atoms with E-state index in [1.165, 1.54) is 0 Å². The van der Waals surface area contributed by atoms with Crippen LogP contribution in [-0.4, -0.2) is 18.6 Å². The summed E-state index contributed by atoms with van der Waals surface area (Å²) in [4.78, 5) is 4.09. The molecule has 0 saturated heterocycles. The Kier molecular flexibility index (Phi) is 3.11. The monoisotopic (exact) mass is 154 g/mol. The molecule has 0 atom stereocenters. The average Bonchev–Trinajstić information content (AvgIpc) is 2.37. The van der Waals surface area contributed by atoms with Crippen LogP contribution >= 0.6 is 0 Å². The molecule has 0 aliphatic rings. The van der Waals surface area contributed by atoms with E-state index < -0.39 is 0 Å². The first-order valence-corrected chi connectivity index (χ1v) is 3.89. The van der Waals surface area contributed by atoms with Crippen LogP contribution in [0, 0.1) is 6.92 Å². The Balaban J connectivity index is 2.27. The van der Waals surface area contributed by atoms with Crippen LogP contribution in [0.3, 0.4) is 0 Å². The standard InChI is InChI=1S/C8H14N2O/c1-7-6-10-8(11-7)4-3-5-9-2/h6,9H,3-5H2,1-2H3. The third-order valence-electron chi connectivity index (χ3n) is 1.49. The third-order valence-corrected chi connectivity index (χ3v) is 1.49. The number of oxazole rings is 1. The smallest absolute Gasteiger partial charge is 0.194 e. The van der Waals surface area contributed by atoms with Gasteiger partial charge in [0.05, 0.1) is 6.20 Å². The van der Waals surface area contributed by atoms with Gasteiger partial charge in [-0.2, -0.15) is 0 Å². The van der Waals surface area contributed by atoms with E-state index in [9.17, 15) is 0 Å². The number of nitrogens with one attached hydrogen (secondary N) is 1. The Labute approximate surface area is 66.8 Å². The van der Waals surface area contributed by atoms with Crippen LogP contribution in [0.1, 0.15) is 18.1 Å². The van der Waals surface area contributed by atoms with E-state index in [-0.39, 0.29) is 0 Å². The maximum absolute atomic E-state index is 5.29. The van der Waals surface area contributed by atoms with E-state index in [2.05, 4.69) is 10.3 Å². The predicted octanol–water partition coefficient (Wildman–Crippen LogP) is 1.14. The molecule has 1 heterocycles. The van der Waals surface area contributed by atoms with Gasteiger partial charge in [-0.15, -0.1) is 0 Å². The lowest BCUT2D eigenvalue weighted by molar-refractivity contribution is 0.463. The van der Waals surface area contributed by atoms with Crippen molar-refractivity contribution in [3.63, 3.8) is 0 Å². The van der Waals surface area contributed by atoms with Gasteiger partial charge in [0.1, 0.15) is 5.76 Å². The summed E-state index contributed by atoms with van der Waals surface area (Å²) in [6.07, 6.45) is 3.76. The van der Waals surface area contributed by atoms with Gasteiger partial charge in [0, 0.05) is 6.42 Å². The Morgan fingerprint density at radius 3 is 3.00 bits per heavy atom. The van der Waals surface area contributed by atoms with Crippen LogP contribution in [-0.2, 0) is 6.42 Å². The maximum atomic E-state index is 5.29. The fraction of sp³-hybridized carbons (Fsp3) is 0.625. The SMILES string of the molecule is CNCCCc1ncc(C)o1. The highest BCUT2D eigenvalue weighted by atomic mass is 16.3. The van der Waals surface area contributed by atoms with Gasteiger partial charge in [-0.25, -0.2) is 4.98 Å². The molecule has 3 nitrogen and oxygen atoms in total. The summed E-state index contributed by atoms with van der Waals surface area (Å²) in [6.45, 7) is 2.93. The lowest BCUT2D eigenvalue weighted by Crippen LogP contribution is -2.08. The van der Waals surface area contributed by atoms with E-state index in [0.717, 1.165) is 31.0 Å². The van der Waals surface area contributed by atoms with Crippen LogP contribution in [0.2, 0.25) is 0 Å². The average molecular weight is 154 g/mol. The highest BCUT2D eigenvalue weighted by Crippen LogP contribution is 2.03. The molecule has 0 spiro atoms. The van der Waals surface area contributed by atoms with Crippen LogP contribution < -0.4 is 5.32 Å². The van der Waals surface area contributed by atoms with E-state index in [1.807, 2.05) is 14.0 Å². The molecule has 0 radical (unpaired) electrons. The van der Waals surface area contributed by atoms with Gasteiger partial charge in [0.15, 0.2) is 5.89 Å². The molecule has 0 amide bonds. The number of aromatic nitrogens is 1. The molecule has 0 aliphatic heterocycles. The summed E-state index contributed by atoms with van der Waals surface area (Å²) in [5.74, 6) is 1.74. The Morgan fingerprint density at radius 1 is 1.64 bits per heavy atom. The second-order valence-electron chi connectivity index (χ2n) is 2.57. The lowest BCUT2D eigenvalue weighted by atomic mass is 10.3. The van der Waals surface area contributed by atoms with E-state index in [0.29, 0.717) is 0 Å². The summed E-state index contributed by atoms with van der Waals surface area (Å²) in [5.41, 5.74) is 0. The van der Waals surface area contributed by atoms with Gasteiger partial charge >= 0.3 is 0 Å². The lowest BCUT2D eigenvalue weighted by Gasteiger charge is -1.94. The van der Waals surface area contributed by atoms with Gasteiger partial charge in [0.2, 0.25) is 0 Å². The van der Waals surface area contributed by atoms with Crippen molar-refractivity contribution in [3.05, 3.63) is 17.8 Å². The Bertz CT molecular complexity index is 208. The summed E-state index contributed by atoms with van der Waals surface area (Å²) in [6, 6.07) is 0.